The average Bonchev–Trinajstić information content (AvgIpc) is 2.77. The summed E-state index contributed by atoms with van der Waals surface area (Å²) in [6, 6.07) is 8.54. The number of rotatable bonds is 5. The van der Waals surface area contributed by atoms with Crippen LogP contribution in [0.1, 0.15) is 55.3 Å². The van der Waals surface area contributed by atoms with E-state index in [1.54, 1.807) is 19.6 Å². The highest BCUT2D eigenvalue weighted by molar-refractivity contribution is 5.77. The Bertz CT molecular complexity index is 803. The summed E-state index contributed by atoms with van der Waals surface area (Å²) in [7, 11) is 1.69. The molecule has 1 aromatic heterocycles. The van der Waals surface area contributed by atoms with Crippen molar-refractivity contribution in [1.82, 2.24) is 14.9 Å². The molecule has 1 saturated carbocycles. The van der Waals surface area contributed by atoms with Crippen LogP contribution in [0.2, 0.25) is 0 Å². The molecule has 0 saturated heterocycles. The first kappa shape index (κ1) is 18.9. The summed E-state index contributed by atoms with van der Waals surface area (Å²) in [6.45, 7) is 0.691. The van der Waals surface area contributed by atoms with Gasteiger partial charge in [-0.1, -0.05) is 25.3 Å². The number of aryl methyl sites for hydroxylation is 1. The lowest BCUT2D eigenvalue weighted by molar-refractivity contribution is -0.136. The van der Waals surface area contributed by atoms with E-state index in [1.165, 1.54) is 43.2 Å². The zero-order valence-corrected chi connectivity index (χ0v) is 16.6. The molecule has 0 bridgehead atoms. The van der Waals surface area contributed by atoms with Crippen LogP contribution in [0.15, 0.2) is 36.8 Å². The first-order valence-electron chi connectivity index (χ1n) is 10.4. The van der Waals surface area contributed by atoms with Crippen molar-refractivity contribution < 1.29 is 9.53 Å². The third-order valence-corrected chi connectivity index (χ3v) is 6.34. The summed E-state index contributed by atoms with van der Waals surface area (Å²) in [4.78, 5) is 23.6. The smallest absolute Gasteiger partial charge is 0.223 e. The van der Waals surface area contributed by atoms with Gasteiger partial charge in [-0.15, -0.1) is 0 Å². The van der Waals surface area contributed by atoms with Crippen molar-refractivity contribution in [3.05, 3.63) is 53.6 Å². The number of fused-ring (bicyclic) bond motifs is 1. The van der Waals surface area contributed by atoms with Crippen LogP contribution in [-0.2, 0) is 24.2 Å². The van der Waals surface area contributed by atoms with Crippen LogP contribution in [0, 0.1) is 5.92 Å². The number of carbonyl (C=O) groups is 1. The molecule has 4 rings (SSSR count). The average molecular weight is 380 g/mol. The highest BCUT2D eigenvalue weighted by Crippen LogP contribution is 2.36. The number of ether oxygens (including phenoxy) is 1. The minimum absolute atomic E-state index is 0.239. The minimum Gasteiger partial charge on any atom is -0.497 e. The Morgan fingerprint density at radius 2 is 2.04 bits per heavy atom. The maximum Gasteiger partial charge on any atom is 0.223 e. The molecular weight excluding hydrogens is 350 g/mol. The third kappa shape index (κ3) is 4.18. The summed E-state index contributed by atoms with van der Waals surface area (Å²) < 4.78 is 5.41. The normalized spacial score (nSPS) is 19.9. The molecule has 1 fully saturated rings. The molecule has 2 aromatic rings. The number of carbonyl (C=O) groups excluding carboxylic acids is 1. The Kier molecular flexibility index (Phi) is 5.89. The molecule has 2 heterocycles. The van der Waals surface area contributed by atoms with Gasteiger partial charge < -0.3 is 9.64 Å². The standard InChI is InChI=1S/C23H29N3O2/c1-28-21-9-7-18-14-22(17-5-3-2-4-6-17)26(15-19(18)13-21)23(27)10-8-20-11-12-24-16-25-20/h7,9,11-13,16-17,22H,2-6,8,10,14-15H2,1H3. The number of amides is 1. The molecule has 1 atom stereocenters. The fourth-order valence-electron chi connectivity index (χ4n) is 4.77. The van der Waals surface area contributed by atoms with E-state index < -0.39 is 0 Å². The predicted octanol–water partition coefficient (Wildman–Crippen LogP) is 3.95. The summed E-state index contributed by atoms with van der Waals surface area (Å²) in [6.07, 6.45) is 11.8. The van der Waals surface area contributed by atoms with Gasteiger partial charge in [0.1, 0.15) is 12.1 Å². The largest absolute Gasteiger partial charge is 0.497 e. The number of nitrogens with zero attached hydrogens (tertiary/aromatic N) is 3. The van der Waals surface area contributed by atoms with E-state index in [0.717, 1.165) is 17.9 Å². The van der Waals surface area contributed by atoms with Gasteiger partial charge in [0, 0.05) is 30.9 Å². The van der Waals surface area contributed by atoms with E-state index in [4.69, 9.17) is 4.74 Å². The van der Waals surface area contributed by atoms with Crippen molar-refractivity contribution in [3.63, 3.8) is 0 Å². The van der Waals surface area contributed by atoms with Crippen molar-refractivity contribution in [2.75, 3.05) is 7.11 Å². The van der Waals surface area contributed by atoms with Crippen LogP contribution < -0.4 is 4.74 Å². The third-order valence-electron chi connectivity index (χ3n) is 6.34. The van der Waals surface area contributed by atoms with Crippen molar-refractivity contribution in [2.45, 2.75) is 64.0 Å². The molecule has 28 heavy (non-hydrogen) atoms. The maximum atomic E-state index is 13.2. The molecule has 5 heteroatoms. The van der Waals surface area contributed by atoms with Gasteiger partial charge in [-0.05, 0) is 60.9 Å². The lowest BCUT2D eigenvalue weighted by Gasteiger charge is -2.43. The number of methoxy groups -OCH3 is 1. The van der Waals surface area contributed by atoms with Crippen LogP contribution in [0.3, 0.4) is 0 Å². The van der Waals surface area contributed by atoms with Crippen LogP contribution >= 0.6 is 0 Å². The Labute approximate surface area is 167 Å². The Morgan fingerprint density at radius 1 is 1.18 bits per heavy atom. The quantitative estimate of drug-likeness (QED) is 0.789. The van der Waals surface area contributed by atoms with Crippen molar-refractivity contribution in [1.29, 1.82) is 0 Å². The second kappa shape index (κ2) is 8.72. The first-order valence-corrected chi connectivity index (χ1v) is 10.4. The topological polar surface area (TPSA) is 55.3 Å². The van der Waals surface area contributed by atoms with Gasteiger partial charge in [0.2, 0.25) is 5.91 Å². The van der Waals surface area contributed by atoms with Gasteiger partial charge in [-0.25, -0.2) is 9.97 Å². The minimum atomic E-state index is 0.239. The SMILES string of the molecule is COc1ccc2c(c1)CN(C(=O)CCc1ccncn1)C(C1CCCCC1)C2. The molecule has 5 nitrogen and oxygen atoms in total. The van der Waals surface area contributed by atoms with Crippen molar-refractivity contribution >= 4 is 5.91 Å². The predicted molar refractivity (Wildman–Crippen MR) is 108 cm³/mol. The lowest BCUT2D eigenvalue weighted by Crippen LogP contribution is -2.48. The molecule has 0 N–H and O–H groups in total. The molecular formula is C23H29N3O2. The van der Waals surface area contributed by atoms with Crippen molar-refractivity contribution in [2.24, 2.45) is 5.92 Å². The Balaban J connectivity index is 1.54. The van der Waals surface area contributed by atoms with E-state index >= 15 is 0 Å². The number of aromatic nitrogens is 2. The highest BCUT2D eigenvalue weighted by atomic mass is 16.5. The van der Waals surface area contributed by atoms with Gasteiger partial charge in [0.25, 0.3) is 0 Å². The summed E-state index contributed by atoms with van der Waals surface area (Å²) >= 11 is 0. The highest BCUT2D eigenvalue weighted by Gasteiger charge is 2.35. The van der Waals surface area contributed by atoms with E-state index in [0.29, 0.717) is 31.3 Å². The van der Waals surface area contributed by atoms with Gasteiger partial charge in [-0.3, -0.25) is 4.79 Å². The van der Waals surface area contributed by atoms with E-state index in [2.05, 4.69) is 27.0 Å². The molecule has 1 aromatic carbocycles. The molecule has 0 spiro atoms. The van der Waals surface area contributed by atoms with E-state index in [-0.39, 0.29) is 5.91 Å². The molecule has 1 aliphatic carbocycles. The molecule has 2 aliphatic rings. The van der Waals surface area contributed by atoms with E-state index in [1.807, 2.05) is 12.1 Å². The lowest BCUT2D eigenvalue weighted by atomic mass is 9.78. The zero-order chi connectivity index (χ0) is 19.3. The van der Waals surface area contributed by atoms with Crippen LogP contribution in [0.25, 0.3) is 0 Å². The number of hydrogen-bond acceptors (Lipinski definition) is 4. The fourth-order valence-corrected chi connectivity index (χ4v) is 4.77. The van der Waals surface area contributed by atoms with Gasteiger partial charge >= 0.3 is 0 Å². The second-order valence-corrected chi connectivity index (χ2v) is 8.03. The molecule has 148 valence electrons. The number of hydrogen-bond donors (Lipinski definition) is 0. The Hall–Kier alpha value is -2.43. The molecule has 0 radical (unpaired) electrons. The van der Waals surface area contributed by atoms with Gasteiger partial charge in [0.05, 0.1) is 7.11 Å². The van der Waals surface area contributed by atoms with Crippen molar-refractivity contribution in [3.8, 4) is 5.75 Å². The van der Waals surface area contributed by atoms with Crippen LogP contribution in [0.4, 0.5) is 0 Å². The Morgan fingerprint density at radius 3 is 2.79 bits per heavy atom. The summed E-state index contributed by atoms with van der Waals surface area (Å²) in [5.74, 6) is 1.72. The zero-order valence-electron chi connectivity index (χ0n) is 16.6. The first-order chi connectivity index (χ1) is 13.7. The van der Waals surface area contributed by atoms with Crippen LogP contribution in [-0.4, -0.2) is 33.9 Å². The molecule has 1 aliphatic heterocycles. The summed E-state index contributed by atoms with van der Waals surface area (Å²) in [5, 5.41) is 0. The summed E-state index contributed by atoms with van der Waals surface area (Å²) in [5.41, 5.74) is 3.52. The molecule has 1 amide bonds. The molecule has 1 unspecified atom stereocenters. The fraction of sp³-hybridized carbons (Fsp3) is 0.522. The number of benzene rings is 1. The van der Waals surface area contributed by atoms with E-state index in [9.17, 15) is 4.79 Å². The van der Waals surface area contributed by atoms with Crippen LogP contribution in [0.5, 0.6) is 5.75 Å². The van der Waals surface area contributed by atoms with Gasteiger partial charge in [-0.2, -0.15) is 0 Å². The second-order valence-electron chi connectivity index (χ2n) is 8.03. The maximum absolute atomic E-state index is 13.2. The monoisotopic (exact) mass is 379 g/mol. The van der Waals surface area contributed by atoms with Gasteiger partial charge in [0.15, 0.2) is 0 Å².